The number of primary amides is 1. The van der Waals surface area contributed by atoms with Crippen molar-refractivity contribution in [2.24, 2.45) is 5.73 Å². The molecule has 1 amide bonds. The van der Waals surface area contributed by atoms with Gasteiger partial charge >= 0.3 is 0 Å². The highest BCUT2D eigenvalue weighted by Gasteiger charge is 2.08. The number of hydrogen-bond acceptors (Lipinski definition) is 3. The van der Waals surface area contributed by atoms with Crippen molar-refractivity contribution in [2.45, 2.75) is 6.42 Å². The van der Waals surface area contributed by atoms with Crippen LogP contribution in [0.1, 0.15) is 5.01 Å². The number of nitrogens with two attached hydrogens (primary N) is 1. The lowest BCUT2D eigenvalue weighted by Gasteiger charge is -2.01. The van der Waals surface area contributed by atoms with Gasteiger partial charge in [0.05, 0.1) is 16.6 Å². The molecule has 0 saturated carbocycles. The van der Waals surface area contributed by atoms with Crippen LogP contribution >= 0.6 is 11.3 Å². The Morgan fingerprint density at radius 2 is 2.00 bits per heavy atom. The van der Waals surface area contributed by atoms with Crippen molar-refractivity contribution in [1.82, 2.24) is 4.98 Å². The Labute approximate surface area is 118 Å². The Balaban J connectivity index is 2.04. The molecule has 100 valence electrons. The fourth-order valence-corrected chi connectivity index (χ4v) is 3.06. The molecule has 0 aliphatic heterocycles. The van der Waals surface area contributed by atoms with E-state index in [9.17, 15) is 9.18 Å². The molecule has 2 N–H and O–H groups in total. The number of nitrogens with zero attached hydrogens (tertiary/aromatic N) is 1. The summed E-state index contributed by atoms with van der Waals surface area (Å²) < 4.78 is 14.2. The summed E-state index contributed by atoms with van der Waals surface area (Å²) in [7, 11) is 0. The molecule has 5 heteroatoms. The number of aromatic nitrogens is 1. The first kappa shape index (κ1) is 12.7. The summed E-state index contributed by atoms with van der Waals surface area (Å²) in [6.45, 7) is 0. The van der Waals surface area contributed by atoms with Gasteiger partial charge in [-0.2, -0.15) is 0 Å². The second kappa shape index (κ2) is 5.02. The van der Waals surface area contributed by atoms with Crippen molar-refractivity contribution in [3.63, 3.8) is 0 Å². The summed E-state index contributed by atoms with van der Waals surface area (Å²) in [4.78, 5) is 15.3. The minimum Gasteiger partial charge on any atom is -0.369 e. The lowest BCUT2D eigenvalue weighted by molar-refractivity contribution is -0.117. The van der Waals surface area contributed by atoms with Crippen molar-refractivity contribution >= 4 is 27.5 Å². The molecule has 0 spiro atoms. The average molecular weight is 286 g/mol. The molecular formula is C15H11FN2OS. The van der Waals surface area contributed by atoms with Crippen LogP contribution in [0.15, 0.2) is 42.5 Å². The number of rotatable bonds is 3. The number of thiazole rings is 1. The summed E-state index contributed by atoms with van der Waals surface area (Å²) in [5.41, 5.74) is 7.73. The number of carbonyl (C=O) groups excluding carboxylic acids is 1. The van der Waals surface area contributed by atoms with Gasteiger partial charge in [0.1, 0.15) is 10.8 Å². The van der Waals surface area contributed by atoms with Gasteiger partial charge in [0.2, 0.25) is 5.91 Å². The normalized spacial score (nSPS) is 10.8. The second-order valence-electron chi connectivity index (χ2n) is 4.44. The molecule has 0 aliphatic rings. The van der Waals surface area contributed by atoms with E-state index in [-0.39, 0.29) is 12.2 Å². The van der Waals surface area contributed by atoms with E-state index in [1.807, 2.05) is 24.3 Å². The van der Waals surface area contributed by atoms with Gasteiger partial charge in [0.25, 0.3) is 0 Å². The Hall–Kier alpha value is -2.27. The van der Waals surface area contributed by atoms with Crippen molar-refractivity contribution in [2.75, 3.05) is 0 Å². The molecular weight excluding hydrogens is 275 g/mol. The number of carbonyl (C=O) groups is 1. The zero-order valence-corrected chi connectivity index (χ0v) is 11.3. The van der Waals surface area contributed by atoms with Gasteiger partial charge < -0.3 is 5.73 Å². The molecule has 0 unspecified atom stereocenters. The lowest BCUT2D eigenvalue weighted by atomic mass is 10.1. The summed E-state index contributed by atoms with van der Waals surface area (Å²) in [6.07, 6.45) is 0.147. The van der Waals surface area contributed by atoms with Crippen LogP contribution in [0.2, 0.25) is 0 Å². The Morgan fingerprint density at radius 3 is 2.75 bits per heavy atom. The third-order valence-corrected chi connectivity index (χ3v) is 3.93. The van der Waals surface area contributed by atoms with Crippen LogP contribution in [0, 0.1) is 5.82 Å². The molecule has 0 bridgehead atoms. The van der Waals surface area contributed by atoms with Crippen LogP contribution in [-0.2, 0) is 11.2 Å². The molecule has 0 fully saturated rings. The maximum atomic E-state index is 13.3. The van der Waals surface area contributed by atoms with Crippen LogP contribution in [0.4, 0.5) is 4.39 Å². The summed E-state index contributed by atoms with van der Waals surface area (Å²) in [5.74, 6) is -0.657. The zero-order valence-electron chi connectivity index (χ0n) is 10.5. The lowest BCUT2D eigenvalue weighted by Crippen LogP contribution is -2.13. The van der Waals surface area contributed by atoms with E-state index in [2.05, 4.69) is 4.98 Å². The van der Waals surface area contributed by atoms with Crippen LogP contribution < -0.4 is 5.73 Å². The van der Waals surface area contributed by atoms with Crippen molar-refractivity contribution in [3.05, 3.63) is 53.3 Å². The van der Waals surface area contributed by atoms with Crippen LogP contribution in [0.25, 0.3) is 21.3 Å². The standard InChI is InChI=1S/C15H11FN2OS/c16-11-3-1-2-9(6-11)10-4-5-12-13(7-10)20-15(18-12)8-14(17)19/h1-7H,8H2,(H2,17,19). The average Bonchev–Trinajstić information content (AvgIpc) is 2.78. The van der Waals surface area contributed by atoms with E-state index in [0.29, 0.717) is 5.01 Å². The predicted molar refractivity (Wildman–Crippen MR) is 77.9 cm³/mol. The van der Waals surface area contributed by atoms with Crippen molar-refractivity contribution < 1.29 is 9.18 Å². The minimum atomic E-state index is -0.394. The molecule has 3 rings (SSSR count). The van der Waals surface area contributed by atoms with Gasteiger partial charge in [-0.1, -0.05) is 18.2 Å². The Bertz CT molecular complexity index is 797. The van der Waals surface area contributed by atoms with Crippen LogP contribution in [0.5, 0.6) is 0 Å². The van der Waals surface area contributed by atoms with Crippen molar-refractivity contribution in [3.8, 4) is 11.1 Å². The number of amides is 1. The maximum absolute atomic E-state index is 13.3. The number of halogens is 1. The first-order valence-corrected chi connectivity index (χ1v) is 6.87. The van der Waals surface area contributed by atoms with Gasteiger partial charge in [-0.15, -0.1) is 11.3 Å². The summed E-state index contributed by atoms with van der Waals surface area (Å²) in [5, 5.41) is 0.698. The largest absolute Gasteiger partial charge is 0.369 e. The first-order chi connectivity index (χ1) is 9.61. The molecule has 3 aromatic rings. The number of hydrogen-bond donors (Lipinski definition) is 1. The molecule has 0 atom stereocenters. The molecule has 1 aromatic heterocycles. The highest BCUT2D eigenvalue weighted by molar-refractivity contribution is 7.18. The van der Waals surface area contributed by atoms with Gasteiger partial charge in [0.15, 0.2) is 0 Å². The maximum Gasteiger partial charge on any atom is 0.224 e. The van der Waals surface area contributed by atoms with Gasteiger partial charge in [0, 0.05) is 0 Å². The monoisotopic (exact) mass is 286 g/mol. The fourth-order valence-electron chi connectivity index (χ4n) is 2.04. The van der Waals surface area contributed by atoms with E-state index < -0.39 is 5.91 Å². The smallest absolute Gasteiger partial charge is 0.224 e. The fraction of sp³-hybridized carbons (Fsp3) is 0.0667. The Kier molecular flexibility index (Phi) is 3.20. The van der Waals surface area contributed by atoms with Gasteiger partial charge in [-0.3, -0.25) is 4.79 Å². The quantitative estimate of drug-likeness (QED) is 0.804. The Morgan fingerprint density at radius 1 is 1.20 bits per heavy atom. The van der Waals surface area contributed by atoms with E-state index in [1.165, 1.54) is 23.5 Å². The van der Waals surface area contributed by atoms with Gasteiger partial charge in [-0.05, 0) is 35.4 Å². The first-order valence-electron chi connectivity index (χ1n) is 6.05. The molecule has 1 heterocycles. The second-order valence-corrected chi connectivity index (χ2v) is 5.56. The molecule has 0 saturated heterocycles. The predicted octanol–water partition coefficient (Wildman–Crippen LogP) is 3.13. The van der Waals surface area contributed by atoms with E-state index in [0.717, 1.165) is 21.3 Å². The minimum absolute atomic E-state index is 0.147. The third kappa shape index (κ3) is 2.53. The molecule has 0 aliphatic carbocycles. The molecule has 20 heavy (non-hydrogen) atoms. The van der Waals surface area contributed by atoms with E-state index in [1.54, 1.807) is 6.07 Å². The van der Waals surface area contributed by atoms with Crippen molar-refractivity contribution in [1.29, 1.82) is 0 Å². The molecule has 0 radical (unpaired) electrons. The molecule has 2 aromatic carbocycles. The highest BCUT2D eigenvalue weighted by Crippen LogP contribution is 2.28. The topological polar surface area (TPSA) is 56.0 Å². The summed E-state index contributed by atoms with van der Waals surface area (Å²) in [6, 6.07) is 12.2. The van der Waals surface area contributed by atoms with E-state index in [4.69, 9.17) is 5.73 Å². The number of benzene rings is 2. The van der Waals surface area contributed by atoms with Gasteiger partial charge in [-0.25, -0.2) is 9.37 Å². The molecule has 3 nitrogen and oxygen atoms in total. The van der Waals surface area contributed by atoms with Crippen LogP contribution in [-0.4, -0.2) is 10.9 Å². The third-order valence-electron chi connectivity index (χ3n) is 2.92. The highest BCUT2D eigenvalue weighted by atomic mass is 32.1. The summed E-state index contributed by atoms with van der Waals surface area (Å²) >= 11 is 1.43. The SMILES string of the molecule is NC(=O)Cc1nc2ccc(-c3cccc(F)c3)cc2s1. The number of fused-ring (bicyclic) bond motifs is 1. The zero-order chi connectivity index (χ0) is 14.1. The van der Waals surface area contributed by atoms with E-state index >= 15 is 0 Å². The van der Waals surface area contributed by atoms with Crippen LogP contribution in [0.3, 0.4) is 0 Å².